The number of benzene rings is 1. The Morgan fingerprint density at radius 3 is 2.41 bits per heavy atom. The molecule has 2 N–H and O–H groups in total. The van der Waals surface area contributed by atoms with E-state index in [0.717, 1.165) is 11.1 Å². The van der Waals surface area contributed by atoms with Crippen molar-refractivity contribution in [3.05, 3.63) is 59.9 Å². The van der Waals surface area contributed by atoms with Crippen molar-refractivity contribution in [2.24, 2.45) is 0 Å². The SMILES string of the molecule is OC(CNCc1ccc(OCC(F)F)cc1)c1ccncc1. The second kappa shape index (κ2) is 8.41. The van der Waals surface area contributed by atoms with Crippen LogP contribution in [0.4, 0.5) is 8.78 Å². The van der Waals surface area contributed by atoms with Gasteiger partial charge in [0.2, 0.25) is 0 Å². The van der Waals surface area contributed by atoms with E-state index in [-0.39, 0.29) is 0 Å². The van der Waals surface area contributed by atoms with Gasteiger partial charge in [-0.25, -0.2) is 8.78 Å². The third kappa shape index (κ3) is 5.38. The third-order valence-corrected chi connectivity index (χ3v) is 3.06. The van der Waals surface area contributed by atoms with Crippen LogP contribution in [0.15, 0.2) is 48.8 Å². The molecule has 2 aromatic rings. The molecule has 22 heavy (non-hydrogen) atoms. The summed E-state index contributed by atoms with van der Waals surface area (Å²) in [5, 5.41) is 13.1. The van der Waals surface area contributed by atoms with E-state index in [1.54, 1.807) is 48.8 Å². The summed E-state index contributed by atoms with van der Waals surface area (Å²) in [6.45, 7) is 0.376. The first kappa shape index (κ1) is 16.3. The van der Waals surface area contributed by atoms with E-state index in [9.17, 15) is 13.9 Å². The zero-order chi connectivity index (χ0) is 15.8. The van der Waals surface area contributed by atoms with Gasteiger partial charge in [-0.3, -0.25) is 4.98 Å². The molecular weight excluding hydrogens is 290 g/mol. The Hall–Kier alpha value is -2.05. The number of aliphatic hydroxyl groups excluding tert-OH is 1. The molecule has 1 aromatic carbocycles. The fourth-order valence-corrected chi connectivity index (χ4v) is 1.92. The van der Waals surface area contributed by atoms with Crippen LogP contribution in [-0.4, -0.2) is 29.7 Å². The number of rotatable bonds is 8. The number of ether oxygens (including phenoxy) is 1. The third-order valence-electron chi connectivity index (χ3n) is 3.06. The first-order chi connectivity index (χ1) is 10.6. The molecule has 4 nitrogen and oxygen atoms in total. The molecule has 6 heteroatoms. The van der Waals surface area contributed by atoms with Crippen LogP contribution in [0.1, 0.15) is 17.2 Å². The maximum Gasteiger partial charge on any atom is 0.272 e. The Kier molecular flexibility index (Phi) is 6.24. The Labute approximate surface area is 127 Å². The van der Waals surface area contributed by atoms with Crippen LogP contribution < -0.4 is 10.1 Å². The molecule has 0 spiro atoms. The molecule has 2 rings (SSSR count). The summed E-state index contributed by atoms with van der Waals surface area (Å²) in [7, 11) is 0. The highest BCUT2D eigenvalue weighted by Gasteiger charge is 2.06. The van der Waals surface area contributed by atoms with Gasteiger partial charge in [0, 0.05) is 25.5 Å². The van der Waals surface area contributed by atoms with E-state index < -0.39 is 19.1 Å². The maximum absolute atomic E-state index is 12.0. The van der Waals surface area contributed by atoms with Crippen LogP contribution in [0.5, 0.6) is 5.75 Å². The lowest BCUT2D eigenvalue weighted by Crippen LogP contribution is -2.21. The number of nitrogens with one attached hydrogen (secondary N) is 1. The van der Waals surface area contributed by atoms with E-state index in [4.69, 9.17) is 4.74 Å². The Bertz CT molecular complexity index is 550. The van der Waals surface area contributed by atoms with E-state index >= 15 is 0 Å². The lowest BCUT2D eigenvalue weighted by molar-refractivity contribution is 0.0819. The normalized spacial score (nSPS) is 12.4. The smallest absolute Gasteiger partial charge is 0.272 e. The largest absolute Gasteiger partial charge is 0.488 e. The zero-order valence-electron chi connectivity index (χ0n) is 12.0. The molecule has 0 aliphatic carbocycles. The highest BCUT2D eigenvalue weighted by molar-refractivity contribution is 5.27. The summed E-state index contributed by atoms with van der Waals surface area (Å²) >= 11 is 0. The van der Waals surface area contributed by atoms with Gasteiger partial charge in [-0.1, -0.05) is 12.1 Å². The fourth-order valence-electron chi connectivity index (χ4n) is 1.92. The van der Waals surface area contributed by atoms with E-state index in [0.29, 0.717) is 18.8 Å². The second-order valence-corrected chi connectivity index (χ2v) is 4.77. The number of hydrogen-bond acceptors (Lipinski definition) is 4. The molecule has 0 radical (unpaired) electrons. The number of aliphatic hydroxyl groups is 1. The van der Waals surface area contributed by atoms with E-state index in [1.165, 1.54) is 0 Å². The van der Waals surface area contributed by atoms with Gasteiger partial charge < -0.3 is 15.2 Å². The van der Waals surface area contributed by atoms with Gasteiger partial charge in [0.25, 0.3) is 6.43 Å². The van der Waals surface area contributed by atoms with Crippen LogP contribution in [-0.2, 0) is 6.54 Å². The first-order valence-corrected chi connectivity index (χ1v) is 6.94. The summed E-state index contributed by atoms with van der Waals surface area (Å²) in [5.74, 6) is 0.417. The van der Waals surface area contributed by atoms with Gasteiger partial charge in [0.15, 0.2) is 0 Å². The average molecular weight is 308 g/mol. The summed E-state index contributed by atoms with van der Waals surface area (Å²) < 4.78 is 28.9. The Morgan fingerprint density at radius 2 is 1.77 bits per heavy atom. The molecule has 0 aliphatic heterocycles. The Balaban J connectivity index is 1.75. The Morgan fingerprint density at radius 1 is 1.09 bits per heavy atom. The van der Waals surface area contributed by atoms with Crippen molar-refractivity contribution in [1.29, 1.82) is 0 Å². The second-order valence-electron chi connectivity index (χ2n) is 4.77. The minimum atomic E-state index is -2.48. The number of pyridine rings is 1. The predicted molar refractivity (Wildman–Crippen MR) is 78.8 cm³/mol. The van der Waals surface area contributed by atoms with Crippen molar-refractivity contribution in [2.75, 3.05) is 13.2 Å². The van der Waals surface area contributed by atoms with Gasteiger partial charge in [-0.2, -0.15) is 0 Å². The summed E-state index contributed by atoms with van der Waals surface area (Å²) in [5.41, 5.74) is 1.78. The van der Waals surface area contributed by atoms with Crippen molar-refractivity contribution in [1.82, 2.24) is 10.3 Å². The van der Waals surface area contributed by atoms with Crippen molar-refractivity contribution >= 4 is 0 Å². The molecule has 1 atom stereocenters. The van der Waals surface area contributed by atoms with Crippen LogP contribution in [0, 0.1) is 0 Å². The van der Waals surface area contributed by atoms with E-state index in [2.05, 4.69) is 10.3 Å². The molecular formula is C16H18F2N2O2. The quantitative estimate of drug-likeness (QED) is 0.787. The van der Waals surface area contributed by atoms with Crippen molar-refractivity contribution in [3.8, 4) is 5.75 Å². The topological polar surface area (TPSA) is 54.4 Å². The number of alkyl halides is 2. The number of halogens is 2. The summed E-state index contributed by atoms with van der Waals surface area (Å²) in [6, 6.07) is 10.4. The molecule has 0 aliphatic rings. The van der Waals surface area contributed by atoms with Crippen molar-refractivity contribution in [3.63, 3.8) is 0 Å². The number of nitrogens with zero attached hydrogens (tertiary/aromatic N) is 1. The molecule has 0 amide bonds. The standard InChI is InChI=1S/C16H18F2N2O2/c17-16(18)11-22-14-3-1-12(2-4-14)9-20-10-15(21)13-5-7-19-8-6-13/h1-8,15-16,20-21H,9-11H2. The maximum atomic E-state index is 12.0. The molecule has 118 valence electrons. The van der Waals surface area contributed by atoms with Gasteiger partial charge in [-0.05, 0) is 35.4 Å². The summed E-state index contributed by atoms with van der Waals surface area (Å²) in [4.78, 5) is 3.90. The molecule has 1 aromatic heterocycles. The van der Waals surface area contributed by atoms with Gasteiger partial charge in [0.1, 0.15) is 12.4 Å². The van der Waals surface area contributed by atoms with Crippen LogP contribution >= 0.6 is 0 Å². The minimum Gasteiger partial charge on any atom is -0.488 e. The van der Waals surface area contributed by atoms with Crippen LogP contribution in [0.2, 0.25) is 0 Å². The summed E-state index contributed by atoms with van der Waals surface area (Å²) in [6.07, 6.45) is 0.195. The molecule has 1 heterocycles. The van der Waals surface area contributed by atoms with Crippen LogP contribution in [0.25, 0.3) is 0 Å². The molecule has 0 saturated carbocycles. The lowest BCUT2D eigenvalue weighted by Gasteiger charge is -2.12. The lowest BCUT2D eigenvalue weighted by atomic mass is 10.1. The van der Waals surface area contributed by atoms with Crippen LogP contribution in [0.3, 0.4) is 0 Å². The van der Waals surface area contributed by atoms with E-state index in [1.807, 2.05) is 0 Å². The molecule has 0 saturated heterocycles. The highest BCUT2D eigenvalue weighted by atomic mass is 19.3. The van der Waals surface area contributed by atoms with Gasteiger partial charge in [-0.15, -0.1) is 0 Å². The van der Waals surface area contributed by atoms with Gasteiger partial charge in [0.05, 0.1) is 6.10 Å². The average Bonchev–Trinajstić information content (AvgIpc) is 2.55. The highest BCUT2D eigenvalue weighted by Crippen LogP contribution is 2.14. The van der Waals surface area contributed by atoms with Crippen molar-refractivity contribution in [2.45, 2.75) is 19.1 Å². The zero-order valence-corrected chi connectivity index (χ0v) is 12.0. The fraction of sp³-hybridized carbons (Fsp3) is 0.312. The van der Waals surface area contributed by atoms with Gasteiger partial charge >= 0.3 is 0 Å². The molecule has 0 fully saturated rings. The number of aromatic nitrogens is 1. The molecule has 1 unspecified atom stereocenters. The van der Waals surface area contributed by atoms with Crippen molar-refractivity contribution < 1.29 is 18.6 Å². The molecule has 0 bridgehead atoms. The first-order valence-electron chi connectivity index (χ1n) is 6.94. The minimum absolute atomic E-state index is 0.410. The monoisotopic (exact) mass is 308 g/mol. The predicted octanol–water partition coefficient (Wildman–Crippen LogP) is 2.55. The number of hydrogen-bond donors (Lipinski definition) is 2.